The number of nitrogens with one attached hydrogen (secondary N) is 1. The number of hydrogen-bond acceptors (Lipinski definition) is 5. The molecular formula is C18H19FN4O. The van der Waals surface area contributed by atoms with E-state index in [2.05, 4.69) is 15.3 Å². The molecule has 0 aliphatic carbocycles. The second-order valence-corrected chi connectivity index (χ2v) is 5.36. The van der Waals surface area contributed by atoms with E-state index in [4.69, 9.17) is 10.5 Å². The maximum Gasteiger partial charge on any atom is 0.137 e. The van der Waals surface area contributed by atoms with Gasteiger partial charge < -0.3 is 15.8 Å². The maximum atomic E-state index is 12.1. The van der Waals surface area contributed by atoms with E-state index in [0.717, 1.165) is 35.2 Å². The molecule has 0 unspecified atom stereocenters. The highest BCUT2D eigenvalue weighted by Gasteiger charge is 2.04. The number of alkyl halides is 1. The van der Waals surface area contributed by atoms with Crippen LogP contribution in [0.5, 0.6) is 5.75 Å². The lowest BCUT2D eigenvalue weighted by Gasteiger charge is -2.09. The Kier molecular flexibility index (Phi) is 5.05. The summed E-state index contributed by atoms with van der Waals surface area (Å²) in [6.07, 6.45) is 2.37. The Labute approximate surface area is 139 Å². The van der Waals surface area contributed by atoms with Crippen LogP contribution in [0, 0.1) is 0 Å². The monoisotopic (exact) mass is 326 g/mol. The van der Waals surface area contributed by atoms with E-state index in [1.54, 1.807) is 0 Å². The summed E-state index contributed by atoms with van der Waals surface area (Å²) in [5, 5.41) is 4.23. The molecule has 3 N–H and O–H groups in total. The first-order chi connectivity index (χ1) is 11.8. The molecule has 1 aromatic heterocycles. The quantitative estimate of drug-likeness (QED) is 0.652. The van der Waals surface area contributed by atoms with Gasteiger partial charge in [-0.2, -0.15) is 0 Å². The molecule has 0 bridgehead atoms. The molecule has 0 radical (unpaired) electrons. The van der Waals surface area contributed by atoms with Crippen molar-refractivity contribution in [2.45, 2.75) is 6.42 Å². The van der Waals surface area contributed by atoms with Crippen molar-refractivity contribution in [1.29, 1.82) is 0 Å². The fraction of sp³-hybridized carbons (Fsp3) is 0.222. The highest BCUT2D eigenvalue weighted by Crippen LogP contribution is 2.21. The molecule has 6 heteroatoms. The lowest BCUT2D eigenvalue weighted by molar-refractivity contribution is 0.273. The van der Waals surface area contributed by atoms with Crippen LogP contribution in [-0.2, 0) is 6.42 Å². The summed E-state index contributed by atoms with van der Waals surface area (Å²) in [5.74, 6) is 1.46. The van der Waals surface area contributed by atoms with Crippen molar-refractivity contribution in [1.82, 2.24) is 9.97 Å². The molecule has 0 atom stereocenters. The first-order valence-corrected chi connectivity index (χ1v) is 7.78. The van der Waals surface area contributed by atoms with Crippen molar-refractivity contribution in [3.8, 4) is 5.75 Å². The van der Waals surface area contributed by atoms with Crippen LogP contribution in [0.2, 0.25) is 0 Å². The number of hydrogen-bond donors (Lipinski definition) is 2. The van der Waals surface area contributed by atoms with Gasteiger partial charge in [-0.05, 0) is 42.3 Å². The van der Waals surface area contributed by atoms with Crippen molar-refractivity contribution in [3.05, 3.63) is 54.4 Å². The van der Waals surface area contributed by atoms with Gasteiger partial charge in [0.15, 0.2) is 0 Å². The number of nitrogens with two attached hydrogens (primary N) is 1. The molecule has 0 spiro atoms. The van der Waals surface area contributed by atoms with Crippen LogP contribution < -0.4 is 15.8 Å². The van der Waals surface area contributed by atoms with Crippen molar-refractivity contribution < 1.29 is 9.13 Å². The summed E-state index contributed by atoms with van der Waals surface area (Å²) in [7, 11) is 0. The van der Waals surface area contributed by atoms with Crippen molar-refractivity contribution in [2.75, 3.05) is 30.9 Å². The second kappa shape index (κ2) is 7.59. The van der Waals surface area contributed by atoms with Crippen LogP contribution in [0.4, 0.5) is 15.9 Å². The van der Waals surface area contributed by atoms with Gasteiger partial charge in [-0.1, -0.05) is 12.1 Å². The lowest BCUT2D eigenvalue weighted by Crippen LogP contribution is -2.07. The molecule has 3 rings (SSSR count). The maximum absolute atomic E-state index is 12.1. The zero-order valence-corrected chi connectivity index (χ0v) is 13.2. The topological polar surface area (TPSA) is 73.1 Å². The summed E-state index contributed by atoms with van der Waals surface area (Å²) < 4.78 is 17.3. The number of fused-ring (bicyclic) bond motifs is 1. The third-order valence-corrected chi connectivity index (χ3v) is 3.63. The summed E-state index contributed by atoms with van der Waals surface area (Å²) in [6.45, 7) is 0.333. The minimum Gasteiger partial charge on any atom is -0.491 e. The van der Waals surface area contributed by atoms with Gasteiger partial charge in [-0.3, -0.25) is 0 Å². The Morgan fingerprint density at radius 1 is 1.08 bits per heavy atom. The number of ether oxygens (including phenoxy) is 1. The SMILES string of the molecule is Nc1ccc2ncnc(NCCc3ccc(OCCF)cc3)c2c1. The number of rotatable bonds is 7. The number of nitrogen functional groups attached to an aromatic ring is 1. The molecule has 0 saturated heterocycles. The Balaban J connectivity index is 1.61. The summed E-state index contributed by atoms with van der Waals surface area (Å²) in [5.41, 5.74) is 8.54. The standard InChI is InChI=1S/C18H19FN4O/c19-8-10-24-15-4-1-13(2-5-15)7-9-21-18-16-11-14(20)3-6-17(16)22-12-23-18/h1-6,11-12H,7-10,20H2,(H,21,22,23). The van der Waals surface area contributed by atoms with Crippen molar-refractivity contribution >= 4 is 22.4 Å². The normalized spacial score (nSPS) is 10.7. The van der Waals surface area contributed by atoms with Crippen LogP contribution in [0.1, 0.15) is 5.56 Å². The molecule has 3 aromatic rings. The number of benzene rings is 2. The highest BCUT2D eigenvalue weighted by molar-refractivity contribution is 5.91. The van der Waals surface area contributed by atoms with Crippen LogP contribution in [0.15, 0.2) is 48.8 Å². The third-order valence-electron chi connectivity index (χ3n) is 3.63. The number of aromatic nitrogens is 2. The molecule has 2 aromatic carbocycles. The fourth-order valence-corrected chi connectivity index (χ4v) is 2.45. The Hall–Kier alpha value is -2.89. The summed E-state index contributed by atoms with van der Waals surface area (Å²) in [6, 6.07) is 13.2. The van der Waals surface area contributed by atoms with E-state index in [1.165, 1.54) is 6.33 Å². The zero-order valence-electron chi connectivity index (χ0n) is 13.2. The molecule has 0 aliphatic rings. The van der Waals surface area contributed by atoms with Crippen LogP contribution in [-0.4, -0.2) is 29.8 Å². The Bertz CT molecular complexity index is 808. The zero-order chi connectivity index (χ0) is 16.8. The number of halogens is 1. The third kappa shape index (κ3) is 3.90. The minimum absolute atomic E-state index is 0.0881. The Morgan fingerprint density at radius 2 is 1.92 bits per heavy atom. The van der Waals surface area contributed by atoms with E-state index in [0.29, 0.717) is 11.4 Å². The second-order valence-electron chi connectivity index (χ2n) is 5.36. The fourth-order valence-electron chi connectivity index (χ4n) is 2.45. The average Bonchev–Trinajstić information content (AvgIpc) is 2.61. The number of anilines is 2. The minimum atomic E-state index is -0.483. The van der Waals surface area contributed by atoms with Crippen LogP contribution in [0.3, 0.4) is 0 Å². The first kappa shape index (κ1) is 16.0. The number of nitrogens with zero attached hydrogens (tertiary/aromatic N) is 2. The van der Waals surface area contributed by atoms with Gasteiger partial charge >= 0.3 is 0 Å². The van der Waals surface area contributed by atoms with Gasteiger partial charge in [0.25, 0.3) is 0 Å². The van der Waals surface area contributed by atoms with E-state index in [-0.39, 0.29) is 6.61 Å². The smallest absolute Gasteiger partial charge is 0.137 e. The van der Waals surface area contributed by atoms with E-state index >= 15 is 0 Å². The molecule has 0 fully saturated rings. The van der Waals surface area contributed by atoms with Gasteiger partial charge in [0, 0.05) is 17.6 Å². The lowest BCUT2D eigenvalue weighted by atomic mass is 10.1. The largest absolute Gasteiger partial charge is 0.491 e. The predicted octanol–water partition coefficient (Wildman–Crippen LogP) is 3.21. The van der Waals surface area contributed by atoms with Crippen molar-refractivity contribution in [3.63, 3.8) is 0 Å². The van der Waals surface area contributed by atoms with E-state index in [1.807, 2.05) is 42.5 Å². The first-order valence-electron chi connectivity index (χ1n) is 7.78. The van der Waals surface area contributed by atoms with Crippen molar-refractivity contribution in [2.24, 2.45) is 0 Å². The molecule has 5 nitrogen and oxygen atoms in total. The average molecular weight is 326 g/mol. The summed E-state index contributed by atoms with van der Waals surface area (Å²) in [4.78, 5) is 8.53. The molecular weight excluding hydrogens is 307 g/mol. The van der Waals surface area contributed by atoms with Gasteiger partial charge in [0.05, 0.1) is 5.52 Å². The van der Waals surface area contributed by atoms with Gasteiger partial charge in [-0.25, -0.2) is 14.4 Å². The molecule has 0 amide bonds. The summed E-state index contributed by atoms with van der Waals surface area (Å²) >= 11 is 0. The molecule has 0 saturated carbocycles. The van der Waals surface area contributed by atoms with Gasteiger partial charge in [0.2, 0.25) is 0 Å². The van der Waals surface area contributed by atoms with Gasteiger partial charge in [-0.15, -0.1) is 0 Å². The predicted molar refractivity (Wildman–Crippen MR) is 94.1 cm³/mol. The highest BCUT2D eigenvalue weighted by atomic mass is 19.1. The van der Waals surface area contributed by atoms with E-state index in [9.17, 15) is 4.39 Å². The van der Waals surface area contributed by atoms with Crippen LogP contribution >= 0.6 is 0 Å². The molecule has 0 aliphatic heterocycles. The molecule has 1 heterocycles. The van der Waals surface area contributed by atoms with E-state index < -0.39 is 6.67 Å². The molecule has 24 heavy (non-hydrogen) atoms. The van der Waals surface area contributed by atoms with Gasteiger partial charge in [0.1, 0.15) is 31.2 Å². The molecule has 124 valence electrons. The Morgan fingerprint density at radius 3 is 2.71 bits per heavy atom. The van der Waals surface area contributed by atoms with Crippen LogP contribution in [0.25, 0.3) is 10.9 Å².